The van der Waals surface area contributed by atoms with Crippen molar-refractivity contribution < 1.29 is 9.90 Å². The van der Waals surface area contributed by atoms with Crippen molar-refractivity contribution in [2.24, 2.45) is 0 Å². The van der Waals surface area contributed by atoms with E-state index in [1.807, 2.05) is 13.0 Å². The molecule has 0 saturated carbocycles. The van der Waals surface area contributed by atoms with Crippen LogP contribution in [-0.2, 0) is 4.79 Å². The van der Waals surface area contributed by atoms with Crippen LogP contribution >= 0.6 is 0 Å². The second-order valence-corrected chi connectivity index (χ2v) is 2.76. The molecule has 11 heavy (non-hydrogen) atoms. The van der Waals surface area contributed by atoms with Gasteiger partial charge in [-0.3, -0.25) is 4.79 Å². The molecule has 0 radical (unpaired) electrons. The van der Waals surface area contributed by atoms with Gasteiger partial charge in [0.25, 0.3) is 0 Å². The summed E-state index contributed by atoms with van der Waals surface area (Å²) >= 11 is 0. The number of carboxylic acids is 1. The highest BCUT2D eigenvalue weighted by atomic mass is 16.4. The summed E-state index contributed by atoms with van der Waals surface area (Å²) in [6, 6.07) is 0. The number of hydrogen-bond acceptors (Lipinski definition) is 1. The molecular weight excluding hydrogens is 140 g/mol. The Balaban J connectivity index is 2.63. The summed E-state index contributed by atoms with van der Waals surface area (Å²) in [5, 5.41) is 8.52. The van der Waals surface area contributed by atoms with Gasteiger partial charge in [0.05, 0.1) is 6.42 Å². The average Bonchev–Trinajstić information content (AvgIpc) is 1.93. The van der Waals surface area contributed by atoms with Gasteiger partial charge in [-0.05, 0) is 25.3 Å². The van der Waals surface area contributed by atoms with Crippen LogP contribution < -0.4 is 0 Å². The molecule has 0 amide bonds. The van der Waals surface area contributed by atoms with Crippen LogP contribution in [0.3, 0.4) is 0 Å². The van der Waals surface area contributed by atoms with Gasteiger partial charge in [-0.2, -0.15) is 0 Å². The van der Waals surface area contributed by atoms with Gasteiger partial charge in [-0.25, -0.2) is 0 Å². The highest BCUT2D eigenvalue weighted by molar-refractivity contribution is 5.71. The van der Waals surface area contributed by atoms with Gasteiger partial charge in [0.1, 0.15) is 0 Å². The van der Waals surface area contributed by atoms with Crippen molar-refractivity contribution in [3.63, 3.8) is 0 Å². The molecule has 1 N–H and O–H groups in total. The highest BCUT2D eigenvalue weighted by Gasteiger charge is 2.07. The number of hydrogen-bond donors (Lipinski definition) is 1. The van der Waals surface area contributed by atoms with E-state index in [1.165, 1.54) is 0 Å². The molecule has 0 aromatic carbocycles. The summed E-state index contributed by atoms with van der Waals surface area (Å²) in [7, 11) is 0. The van der Waals surface area contributed by atoms with Crippen molar-refractivity contribution in [3.05, 3.63) is 23.3 Å². The topological polar surface area (TPSA) is 37.3 Å². The molecule has 0 bridgehead atoms. The molecule has 0 aromatic rings. The number of allylic oxidation sites excluding steroid dienone is 3. The smallest absolute Gasteiger partial charge is 0.307 e. The van der Waals surface area contributed by atoms with E-state index in [2.05, 4.69) is 6.08 Å². The fraction of sp³-hybridized carbons (Fsp3) is 0.444. The van der Waals surface area contributed by atoms with Crippen molar-refractivity contribution >= 4 is 5.97 Å². The zero-order valence-corrected chi connectivity index (χ0v) is 6.63. The molecule has 0 heterocycles. The lowest BCUT2D eigenvalue weighted by Crippen LogP contribution is -2.00. The molecule has 2 heteroatoms. The van der Waals surface area contributed by atoms with Crippen molar-refractivity contribution in [1.82, 2.24) is 0 Å². The molecule has 2 nitrogen and oxygen atoms in total. The molecule has 1 aliphatic carbocycles. The summed E-state index contributed by atoms with van der Waals surface area (Å²) in [4.78, 5) is 10.3. The van der Waals surface area contributed by atoms with E-state index in [9.17, 15) is 4.79 Å². The second-order valence-electron chi connectivity index (χ2n) is 2.76. The van der Waals surface area contributed by atoms with Gasteiger partial charge in [-0.1, -0.05) is 17.7 Å². The Morgan fingerprint density at radius 1 is 1.55 bits per heavy atom. The normalized spacial score (nSPS) is 17.2. The first kappa shape index (κ1) is 8.05. The third kappa shape index (κ3) is 2.22. The van der Waals surface area contributed by atoms with Gasteiger partial charge in [0.15, 0.2) is 0 Å². The number of rotatable bonds is 2. The Morgan fingerprint density at radius 3 is 2.73 bits per heavy atom. The predicted octanol–water partition coefficient (Wildman–Crippen LogP) is 2.13. The van der Waals surface area contributed by atoms with Crippen LogP contribution in [-0.4, -0.2) is 11.1 Å². The Bertz CT molecular complexity index is 224. The van der Waals surface area contributed by atoms with Crippen LogP contribution in [0.2, 0.25) is 0 Å². The van der Waals surface area contributed by atoms with Crippen molar-refractivity contribution in [2.45, 2.75) is 26.2 Å². The summed E-state index contributed by atoms with van der Waals surface area (Å²) in [6.45, 7) is 1.97. The third-order valence-electron chi connectivity index (χ3n) is 1.86. The van der Waals surface area contributed by atoms with Crippen LogP contribution in [0.4, 0.5) is 0 Å². The maximum Gasteiger partial charge on any atom is 0.307 e. The lowest BCUT2D eigenvalue weighted by molar-refractivity contribution is -0.136. The van der Waals surface area contributed by atoms with Gasteiger partial charge in [0, 0.05) is 0 Å². The summed E-state index contributed by atoms with van der Waals surface area (Å²) in [5.74, 6) is -0.745. The van der Waals surface area contributed by atoms with Crippen LogP contribution in [0.25, 0.3) is 0 Å². The number of carboxylic acid groups (broad SMARTS) is 1. The second kappa shape index (κ2) is 3.37. The van der Waals surface area contributed by atoms with E-state index in [0.717, 1.165) is 24.0 Å². The van der Waals surface area contributed by atoms with Gasteiger partial charge < -0.3 is 5.11 Å². The van der Waals surface area contributed by atoms with Gasteiger partial charge >= 0.3 is 5.97 Å². The third-order valence-corrected chi connectivity index (χ3v) is 1.86. The Kier molecular flexibility index (Phi) is 2.47. The summed E-state index contributed by atoms with van der Waals surface area (Å²) in [5.41, 5.74) is 2.10. The maximum atomic E-state index is 10.3. The van der Waals surface area contributed by atoms with E-state index in [1.54, 1.807) is 0 Å². The summed E-state index contributed by atoms with van der Waals surface area (Å²) < 4.78 is 0. The monoisotopic (exact) mass is 152 g/mol. The quantitative estimate of drug-likeness (QED) is 0.658. The highest BCUT2D eigenvalue weighted by Crippen LogP contribution is 2.20. The molecule has 0 atom stereocenters. The molecule has 0 spiro atoms. The summed E-state index contributed by atoms with van der Waals surface area (Å²) in [6.07, 6.45) is 6.32. The number of aliphatic carboxylic acids is 1. The molecule has 0 aliphatic heterocycles. The van der Waals surface area contributed by atoms with Crippen LogP contribution in [0.15, 0.2) is 23.3 Å². The minimum absolute atomic E-state index is 0.169. The van der Waals surface area contributed by atoms with Crippen molar-refractivity contribution in [2.75, 3.05) is 0 Å². The zero-order chi connectivity index (χ0) is 8.27. The molecule has 60 valence electrons. The minimum Gasteiger partial charge on any atom is -0.481 e. The standard InChI is InChI=1S/C9H12O2/c1-7-4-2-3-5-8(7)6-9(10)11/h4-5H,2-3,6H2,1H3,(H,10,11). The Morgan fingerprint density at radius 2 is 2.18 bits per heavy atom. The Labute approximate surface area is 66.2 Å². The zero-order valence-electron chi connectivity index (χ0n) is 6.63. The van der Waals surface area contributed by atoms with E-state index in [0.29, 0.717) is 0 Å². The van der Waals surface area contributed by atoms with Crippen LogP contribution in [0.1, 0.15) is 26.2 Å². The lowest BCUT2D eigenvalue weighted by atomic mass is 9.97. The van der Waals surface area contributed by atoms with Crippen LogP contribution in [0, 0.1) is 0 Å². The fourth-order valence-corrected chi connectivity index (χ4v) is 1.22. The predicted molar refractivity (Wildman–Crippen MR) is 43.3 cm³/mol. The van der Waals surface area contributed by atoms with Gasteiger partial charge in [-0.15, -0.1) is 0 Å². The fourth-order valence-electron chi connectivity index (χ4n) is 1.22. The van der Waals surface area contributed by atoms with E-state index in [4.69, 9.17) is 5.11 Å². The molecule has 1 aliphatic rings. The molecule has 0 aromatic heterocycles. The van der Waals surface area contributed by atoms with E-state index >= 15 is 0 Å². The van der Waals surface area contributed by atoms with Crippen LogP contribution in [0.5, 0.6) is 0 Å². The van der Waals surface area contributed by atoms with E-state index < -0.39 is 5.97 Å². The molecule has 1 rings (SSSR count). The largest absolute Gasteiger partial charge is 0.481 e. The molecule has 0 saturated heterocycles. The first-order chi connectivity index (χ1) is 5.20. The van der Waals surface area contributed by atoms with Crippen molar-refractivity contribution in [3.8, 4) is 0 Å². The van der Waals surface area contributed by atoms with Gasteiger partial charge in [0.2, 0.25) is 0 Å². The SMILES string of the molecule is CC1=CCCC=C1CC(=O)O. The lowest BCUT2D eigenvalue weighted by Gasteiger charge is -2.09. The van der Waals surface area contributed by atoms with E-state index in [-0.39, 0.29) is 6.42 Å². The average molecular weight is 152 g/mol. The molecule has 0 unspecified atom stereocenters. The first-order valence-electron chi connectivity index (χ1n) is 3.78. The minimum atomic E-state index is -0.745. The number of carbonyl (C=O) groups is 1. The maximum absolute atomic E-state index is 10.3. The first-order valence-corrected chi connectivity index (χ1v) is 3.78. The van der Waals surface area contributed by atoms with Crippen molar-refractivity contribution in [1.29, 1.82) is 0 Å². The molecular formula is C9H12O2. The Hall–Kier alpha value is -1.05. The molecule has 0 fully saturated rings.